The first-order valence-electron chi connectivity index (χ1n) is 5.77. The van der Waals surface area contributed by atoms with Crippen molar-refractivity contribution >= 4 is 0 Å². The Morgan fingerprint density at radius 3 is 2.47 bits per heavy atom. The van der Waals surface area contributed by atoms with E-state index in [4.69, 9.17) is 4.74 Å². The maximum atomic E-state index is 5.40. The lowest BCUT2D eigenvalue weighted by molar-refractivity contribution is 0.411. The van der Waals surface area contributed by atoms with E-state index in [0.29, 0.717) is 6.10 Å². The van der Waals surface area contributed by atoms with E-state index in [1.807, 2.05) is 0 Å². The first-order chi connectivity index (χ1) is 7.02. The molecular weight excluding hydrogens is 184 g/mol. The molecule has 2 rings (SSSR count). The first-order valence-corrected chi connectivity index (χ1v) is 5.77. The van der Waals surface area contributed by atoms with Crippen molar-refractivity contribution in [2.45, 2.75) is 45.6 Å². The molecule has 1 unspecified atom stereocenters. The Hall–Kier alpha value is -0.820. The normalized spacial score (nSPS) is 20.4. The van der Waals surface area contributed by atoms with Gasteiger partial charge < -0.3 is 4.74 Å². The fourth-order valence-corrected chi connectivity index (χ4v) is 1.98. The van der Waals surface area contributed by atoms with Gasteiger partial charge in [0.05, 0.1) is 6.61 Å². The van der Waals surface area contributed by atoms with Crippen molar-refractivity contribution < 1.29 is 4.74 Å². The van der Waals surface area contributed by atoms with Gasteiger partial charge >= 0.3 is 0 Å². The lowest BCUT2D eigenvalue weighted by atomic mass is 9.82. The summed E-state index contributed by atoms with van der Waals surface area (Å²) in [6.07, 6.45) is 1.47. The zero-order valence-electron chi connectivity index (χ0n) is 10.1. The van der Waals surface area contributed by atoms with E-state index in [-0.39, 0.29) is 5.41 Å². The Labute approximate surface area is 92.5 Å². The minimum absolute atomic E-state index is 0.215. The zero-order chi connectivity index (χ0) is 11.1. The van der Waals surface area contributed by atoms with E-state index in [0.717, 1.165) is 13.0 Å². The molecule has 0 bridgehead atoms. The first kappa shape index (κ1) is 10.7. The molecule has 0 spiro atoms. The van der Waals surface area contributed by atoms with Crippen LogP contribution in [0, 0.1) is 0 Å². The quantitative estimate of drug-likeness (QED) is 0.670. The van der Waals surface area contributed by atoms with Crippen LogP contribution in [-0.4, -0.2) is 6.61 Å². The van der Waals surface area contributed by atoms with Crippen molar-refractivity contribution in [3.8, 4) is 0 Å². The van der Waals surface area contributed by atoms with Crippen LogP contribution in [0.5, 0.6) is 0 Å². The van der Waals surface area contributed by atoms with Gasteiger partial charge in [-0.2, -0.15) is 0 Å². The highest BCUT2D eigenvalue weighted by atomic mass is 16.6. The summed E-state index contributed by atoms with van der Waals surface area (Å²) in [7, 11) is 0. The summed E-state index contributed by atoms with van der Waals surface area (Å²) in [4.78, 5) is 0. The standard InChI is InChI=1S/C14H20O/c1-5-10-6-7-11(13-9-15-13)12(8-10)14(2,3)4/h6-8,13H,5,9H2,1-4H3. The zero-order valence-corrected chi connectivity index (χ0v) is 10.1. The molecule has 82 valence electrons. The maximum absolute atomic E-state index is 5.40. The molecule has 0 radical (unpaired) electrons. The highest BCUT2D eigenvalue weighted by molar-refractivity contribution is 5.39. The van der Waals surface area contributed by atoms with E-state index in [1.54, 1.807) is 0 Å². The Kier molecular flexibility index (Phi) is 2.59. The van der Waals surface area contributed by atoms with Crippen LogP contribution in [-0.2, 0) is 16.6 Å². The third-order valence-corrected chi connectivity index (χ3v) is 3.01. The number of aryl methyl sites for hydroxylation is 1. The monoisotopic (exact) mass is 204 g/mol. The fourth-order valence-electron chi connectivity index (χ4n) is 1.98. The molecule has 1 aromatic rings. The smallest absolute Gasteiger partial charge is 0.106 e. The highest BCUT2D eigenvalue weighted by Gasteiger charge is 2.30. The molecule has 0 aromatic heterocycles. The van der Waals surface area contributed by atoms with Crippen LogP contribution < -0.4 is 0 Å². The SMILES string of the molecule is CCc1ccc(C2CO2)c(C(C)(C)C)c1. The second-order valence-electron chi connectivity index (χ2n) is 5.35. The van der Waals surface area contributed by atoms with Crippen molar-refractivity contribution in [1.29, 1.82) is 0 Å². The predicted octanol–water partition coefficient (Wildman–Crippen LogP) is 3.62. The number of benzene rings is 1. The van der Waals surface area contributed by atoms with Gasteiger partial charge in [0.1, 0.15) is 6.10 Å². The summed E-state index contributed by atoms with van der Waals surface area (Å²) in [6.45, 7) is 9.92. The Morgan fingerprint density at radius 2 is 2.00 bits per heavy atom. The summed E-state index contributed by atoms with van der Waals surface area (Å²) in [5.74, 6) is 0. The molecule has 1 fully saturated rings. The largest absolute Gasteiger partial charge is 0.368 e. The number of hydrogen-bond acceptors (Lipinski definition) is 1. The van der Waals surface area contributed by atoms with Crippen LogP contribution in [0.3, 0.4) is 0 Å². The van der Waals surface area contributed by atoms with E-state index in [2.05, 4.69) is 45.9 Å². The Balaban J connectivity index is 2.45. The Bertz CT molecular complexity index is 356. The third kappa shape index (κ3) is 2.23. The summed E-state index contributed by atoms with van der Waals surface area (Å²) >= 11 is 0. The second-order valence-corrected chi connectivity index (χ2v) is 5.35. The van der Waals surface area contributed by atoms with E-state index in [1.165, 1.54) is 16.7 Å². The lowest BCUT2D eigenvalue weighted by Crippen LogP contribution is -2.14. The molecule has 1 saturated heterocycles. The fraction of sp³-hybridized carbons (Fsp3) is 0.571. The summed E-state index contributed by atoms with van der Waals surface area (Å²) in [5, 5.41) is 0. The molecule has 0 aliphatic carbocycles. The predicted molar refractivity (Wildman–Crippen MR) is 63.2 cm³/mol. The van der Waals surface area contributed by atoms with Gasteiger partial charge in [-0.3, -0.25) is 0 Å². The number of ether oxygens (including phenoxy) is 1. The molecule has 15 heavy (non-hydrogen) atoms. The number of epoxide rings is 1. The van der Waals surface area contributed by atoms with Crippen molar-refractivity contribution in [3.63, 3.8) is 0 Å². The number of rotatable bonds is 2. The van der Waals surface area contributed by atoms with Crippen molar-refractivity contribution in [2.75, 3.05) is 6.61 Å². The maximum Gasteiger partial charge on any atom is 0.106 e. The van der Waals surface area contributed by atoms with Gasteiger partial charge in [0.2, 0.25) is 0 Å². The van der Waals surface area contributed by atoms with Gasteiger partial charge in [-0.05, 0) is 28.5 Å². The van der Waals surface area contributed by atoms with Gasteiger partial charge in [-0.15, -0.1) is 0 Å². The Morgan fingerprint density at radius 1 is 1.33 bits per heavy atom. The van der Waals surface area contributed by atoms with Crippen LogP contribution in [0.1, 0.15) is 50.5 Å². The van der Waals surface area contributed by atoms with Gasteiger partial charge in [-0.1, -0.05) is 45.9 Å². The van der Waals surface area contributed by atoms with Crippen LogP contribution in [0.25, 0.3) is 0 Å². The van der Waals surface area contributed by atoms with Crippen LogP contribution >= 0.6 is 0 Å². The van der Waals surface area contributed by atoms with Crippen LogP contribution in [0.15, 0.2) is 18.2 Å². The molecule has 0 N–H and O–H groups in total. The van der Waals surface area contributed by atoms with Crippen molar-refractivity contribution in [1.82, 2.24) is 0 Å². The van der Waals surface area contributed by atoms with Crippen LogP contribution in [0.2, 0.25) is 0 Å². The molecule has 1 nitrogen and oxygen atoms in total. The highest BCUT2D eigenvalue weighted by Crippen LogP contribution is 2.37. The topological polar surface area (TPSA) is 12.5 Å². The average molecular weight is 204 g/mol. The minimum atomic E-state index is 0.215. The number of hydrogen-bond donors (Lipinski definition) is 0. The molecule has 1 heteroatoms. The van der Waals surface area contributed by atoms with Crippen molar-refractivity contribution in [3.05, 3.63) is 34.9 Å². The van der Waals surface area contributed by atoms with E-state index < -0.39 is 0 Å². The molecule has 0 amide bonds. The third-order valence-electron chi connectivity index (χ3n) is 3.01. The summed E-state index contributed by atoms with van der Waals surface area (Å²) < 4.78 is 5.40. The van der Waals surface area contributed by atoms with E-state index >= 15 is 0 Å². The molecule has 1 aliphatic rings. The molecule has 0 saturated carbocycles. The molecular formula is C14H20O. The second kappa shape index (κ2) is 3.64. The molecule has 1 aliphatic heterocycles. The summed E-state index contributed by atoms with van der Waals surface area (Å²) in [6, 6.07) is 6.82. The van der Waals surface area contributed by atoms with Gasteiger partial charge in [-0.25, -0.2) is 0 Å². The molecule has 1 heterocycles. The van der Waals surface area contributed by atoms with Gasteiger partial charge in [0, 0.05) is 0 Å². The lowest BCUT2D eigenvalue weighted by Gasteiger charge is -2.23. The van der Waals surface area contributed by atoms with E-state index in [9.17, 15) is 0 Å². The van der Waals surface area contributed by atoms with Crippen LogP contribution in [0.4, 0.5) is 0 Å². The summed E-state index contributed by atoms with van der Waals surface area (Å²) in [5.41, 5.74) is 4.47. The average Bonchev–Trinajstić information content (AvgIpc) is 2.99. The van der Waals surface area contributed by atoms with Crippen molar-refractivity contribution in [2.24, 2.45) is 0 Å². The minimum Gasteiger partial charge on any atom is -0.368 e. The van der Waals surface area contributed by atoms with Gasteiger partial charge in [0.25, 0.3) is 0 Å². The molecule has 1 aromatic carbocycles. The molecule has 1 atom stereocenters. The van der Waals surface area contributed by atoms with Gasteiger partial charge in [0.15, 0.2) is 0 Å².